The van der Waals surface area contributed by atoms with E-state index in [-0.39, 0.29) is 5.69 Å². The molecule has 8 heteroatoms. The molecule has 0 fully saturated rings. The van der Waals surface area contributed by atoms with Crippen molar-refractivity contribution >= 4 is 23.2 Å². The van der Waals surface area contributed by atoms with Gasteiger partial charge in [0.1, 0.15) is 5.69 Å². The van der Waals surface area contributed by atoms with Crippen LogP contribution in [0, 0.1) is 0 Å². The van der Waals surface area contributed by atoms with E-state index in [1.165, 1.54) is 23.0 Å². The molecule has 19 heavy (non-hydrogen) atoms. The molecule has 2 aromatic rings. The third-order valence-corrected chi connectivity index (χ3v) is 3.11. The molecule has 7 nitrogen and oxygen atoms in total. The number of furan rings is 1. The lowest BCUT2D eigenvalue weighted by molar-refractivity contribution is -0.140. The number of aromatic nitrogens is 1. The van der Waals surface area contributed by atoms with Gasteiger partial charge in [-0.2, -0.15) is 0 Å². The highest BCUT2D eigenvalue weighted by atomic mass is 32.1. The summed E-state index contributed by atoms with van der Waals surface area (Å²) in [6.45, 7) is -0.684. The Hall–Kier alpha value is -2.19. The molecule has 0 saturated heterocycles. The van der Waals surface area contributed by atoms with E-state index in [0.717, 1.165) is 0 Å². The molecular formula is C11H10N2O5S. The molecule has 3 N–H and O–H groups in total. The van der Waals surface area contributed by atoms with Crippen LogP contribution in [0.1, 0.15) is 10.5 Å². The van der Waals surface area contributed by atoms with E-state index < -0.39 is 24.5 Å². The lowest BCUT2D eigenvalue weighted by Gasteiger charge is -2.09. The average molecular weight is 282 g/mol. The van der Waals surface area contributed by atoms with Crippen LogP contribution in [-0.4, -0.2) is 39.7 Å². The number of aliphatic carboxylic acids is 1. The van der Waals surface area contributed by atoms with Crippen LogP contribution in [0.15, 0.2) is 28.2 Å². The first-order valence-corrected chi connectivity index (χ1v) is 6.13. The standard InChI is InChI=1S/C11H10N2O5S/c14-4-6(11(16)17)12-9(15)7-5-19-10(13-7)8-2-1-3-18-8/h1-3,5-6,14H,4H2,(H,12,15)(H,16,17)/t6-/m1/s1. The molecule has 2 rings (SSSR count). The van der Waals surface area contributed by atoms with E-state index in [1.807, 2.05) is 0 Å². The molecule has 0 aliphatic carbocycles. The van der Waals surface area contributed by atoms with Crippen LogP contribution < -0.4 is 5.32 Å². The van der Waals surface area contributed by atoms with Gasteiger partial charge in [0.05, 0.1) is 12.9 Å². The minimum absolute atomic E-state index is 0.0797. The number of hydrogen-bond donors (Lipinski definition) is 3. The number of carbonyl (C=O) groups is 2. The maximum atomic E-state index is 11.7. The zero-order chi connectivity index (χ0) is 13.8. The first kappa shape index (κ1) is 13.2. The second-order valence-electron chi connectivity index (χ2n) is 3.56. The fraction of sp³-hybridized carbons (Fsp3) is 0.182. The minimum atomic E-state index is -1.35. The van der Waals surface area contributed by atoms with Gasteiger partial charge >= 0.3 is 5.97 Å². The quantitative estimate of drug-likeness (QED) is 0.739. The molecule has 1 atom stereocenters. The molecule has 0 aliphatic heterocycles. The van der Waals surface area contributed by atoms with Crippen LogP contribution in [0.25, 0.3) is 10.8 Å². The average Bonchev–Trinajstić information content (AvgIpc) is 3.04. The van der Waals surface area contributed by atoms with Crippen molar-refractivity contribution in [1.82, 2.24) is 10.3 Å². The van der Waals surface area contributed by atoms with Gasteiger partial charge in [0, 0.05) is 5.38 Å². The van der Waals surface area contributed by atoms with E-state index in [1.54, 1.807) is 12.1 Å². The number of nitrogens with zero attached hydrogens (tertiary/aromatic N) is 1. The summed E-state index contributed by atoms with van der Waals surface area (Å²) < 4.78 is 5.14. The van der Waals surface area contributed by atoms with Crippen molar-refractivity contribution in [3.63, 3.8) is 0 Å². The molecule has 2 heterocycles. The largest absolute Gasteiger partial charge is 0.480 e. The number of aliphatic hydroxyl groups is 1. The summed E-state index contributed by atoms with van der Waals surface area (Å²) in [7, 11) is 0. The van der Waals surface area contributed by atoms with Crippen molar-refractivity contribution in [2.75, 3.05) is 6.61 Å². The maximum absolute atomic E-state index is 11.7. The molecule has 0 radical (unpaired) electrons. The Balaban J connectivity index is 2.10. The highest BCUT2D eigenvalue weighted by Crippen LogP contribution is 2.23. The van der Waals surface area contributed by atoms with Crippen LogP contribution in [0.3, 0.4) is 0 Å². The number of aliphatic hydroxyl groups excluding tert-OH is 1. The predicted molar refractivity (Wildman–Crippen MR) is 65.8 cm³/mol. The molecule has 0 unspecified atom stereocenters. The van der Waals surface area contributed by atoms with Crippen LogP contribution in [0.2, 0.25) is 0 Å². The van der Waals surface area contributed by atoms with E-state index in [4.69, 9.17) is 14.6 Å². The number of amides is 1. The molecule has 0 saturated carbocycles. The molecular weight excluding hydrogens is 272 g/mol. The molecule has 1 amide bonds. The van der Waals surface area contributed by atoms with Crippen molar-refractivity contribution in [1.29, 1.82) is 0 Å². The van der Waals surface area contributed by atoms with Gasteiger partial charge in [-0.15, -0.1) is 11.3 Å². The van der Waals surface area contributed by atoms with Gasteiger partial charge in [-0.3, -0.25) is 4.79 Å². The van der Waals surface area contributed by atoms with Gasteiger partial charge in [0.2, 0.25) is 0 Å². The number of hydrogen-bond acceptors (Lipinski definition) is 6. The fourth-order valence-corrected chi connectivity index (χ4v) is 2.08. The summed E-state index contributed by atoms with van der Waals surface area (Å²) in [6, 6.07) is 2.05. The van der Waals surface area contributed by atoms with Crippen LogP contribution in [0.5, 0.6) is 0 Å². The van der Waals surface area contributed by atoms with E-state index in [9.17, 15) is 9.59 Å². The Labute approximate surface area is 111 Å². The third-order valence-electron chi connectivity index (χ3n) is 2.25. The van der Waals surface area contributed by atoms with Crippen LogP contribution in [-0.2, 0) is 4.79 Å². The Morgan fingerprint density at radius 2 is 2.32 bits per heavy atom. The summed E-state index contributed by atoms with van der Waals surface area (Å²) in [5, 5.41) is 21.7. The van der Waals surface area contributed by atoms with Crippen molar-refractivity contribution in [2.45, 2.75) is 6.04 Å². The molecule has 2 aromatic heterocycles. The van der Waals surface area contributed by atoms with E-state index in [0.29, 0.717) is 10.8 Å². The zero-order valence-electron chi connectivity index (χ0n) is 9.57. The summed E-state index contributed by atoms with van der Waals surface area (Å²) in [5.74, 6) is -1.44. The second-order valence-corrected chi connectivity index (χ2v) is 4.42. The highest BCUT2D eigenvalue weighted by molar-refractivity contribution is 7.13. The normalized spacial score (nSPS) is 12.1. The van der Waals surface area contributed by atoms with Gasteiger partial charge < -0.3 is 19.9 Å². The van der Waals surface area contributed by atoms with E-state index >= 15 is 0 Å². The Kier molecular flexibility index (Phi) is 3.93. The summed E-state index contributed by atoms with van der Waals surface area (Å²) >= 11 is 1.20. The van der Waals surface area contributed by atoms with Gasteiger partial charge in [0.15, 0.2) is 16.8 Å². The predicted octanol–water partition coefficient (Wildman–Crippen LogP) is 0.578. The zero-order valence-corrected chi connectivity index (χ0v) is 10.4. The monoisotopic (exact) mass is 282 g/mol. The Bertz CT molecular complexity index is 578. The first-order chi connectivity index (χ1) is 9.11. The van der Waals surface area contributed by atoms with Crippen molar-refractivity contribution in [3.05, 3.63) is 29.5 Å². The Morgan fingerprint density at radius 3 is 2.89 bits per heavy atom. The number of thiazole rings is 1. The number of carboxylic acid groups (broad SMARTS) is 1. The van der Waals surface area contributed by atoms with Crippen LogP contribution >= 0.6 is 11.3 Å². The van der Waals surface area contributed by atoms with Crippen LogP contribution in [0.4, 0.5) is 0 Å². The van der Waals surface area contributed by atoms with E-state index in [2.05, 4.69) is 10.3 Å². The topological polar surface area (TPSA) is 113 Å². The third kappa shape index (κ3) is 2.98. The van der Waals surface area contributed by atoms with Gasteiger partial charge in [-0.1, -0.05) is 0 Å². The lowest BCUT2D eigenvalue weighted by atomic mass is 10.3. The SMILES string of the molecule is O=C(N[C@H](CO)C(=O)O)c1csc(-c2ccco2)n1. The highest BCUT2D eigenvalue weighted by Gasteiger charge is 2.21. The molecule has 0 bridgehead atoms. The number of nitrogens with one attached hydrogen (secondary N) is 1. The maximum Gasteiger partial charge on any atom is 0.328 e. The Morgan fingerprint density at radius 1 is 1.53 bits per heavy atom. The van der Waals surface area contributed by atoms with Crippen molar-refractivity contribution in [2.24, 2.45) is 0 Å². The van der Waals surface area contributed by atoms with Gasteiger partial charge in [-0.05, 0) is 12.1 Å². The molecule has 100 valence electrons. The smallest absolute Gasteiger partial charge is 0.328 e. The molecule has 0 aliphatic rings. The van der Waals surface area contributed by atoms with Gasteiger partial charge in [-0.25, -0.2) is 9.78 Å². The van der Waals surface area contributed by atoms with Crippen molar-refractivity contribution in [3.8, 4) is 10.8 Å². The first-order valence-electron chi connectivity index (χ1n) is 5.25. The summed E-state index contributed by atoms with van der Waals surface area (Å²) in [6.07, 6.45) is 1.49. The summed E-state index contributed by atoms with van der Waals surface area (Å²) in [5.41, 5.74) is 0.0797. The lowest BCUT2D eigenvalue weighted by Crippen LogP contribution is -2.43. The second kappa shape index (κ2) is 5.63. The van der Waals surface area contributed by atoms with Crippen molar-refractivity contribution < 1.29 is 24.2 Å². The molecule has 0 aromatic carbocycles. The summed E-state index contributed by atoms with van der Waals surface area (Å²) in [4.78, 5) is 26.4. The van der Waals surface area contributed by atoms with Gasteiger partial charge in [0.25, 0.3) is 5.91 Å². The number of carboxylic acids is 1. The minimum Gasteiger partial charge on any atom is -0.480 e. The number of rotatable bonds is 5. The fourth-order valence-electron chi connectivity index (χ4n) is 1.31. The molecule has 0 spiro atoms. The number of carbonyl (C=O) groups excluding carboxylic acids is 1.